The number of hydrazone groups is 1. The van der Waals surface area contributed by atoms with Crippen molar-refractivity contribution in [2.45, 2.75) is 174 Å². The monoisotopic (exact) mass is 869 g/mol. The zero-order chi connectivity index (χ0) is 45.0. The second-order valence-corrected chi connectivity index (χ2v) is 18.7. The van der Waals surface area contributed by atoms with Crippen LogP contribution in [0.15, 0.2) is 29.4 Å². The third-order valence-electron chi connectivity index (χ3n) is 13.2. The van der Waals surface area contributed by atoms with Crippen molar-refractivity contribution in [3.05, 3.63) is 34.9 Å². The summed E-state index contributed by atoms with van der Waals surface area (Å²) in [5, 5.41) is 51.6. The molecule has 0 aliphatic carbocycles. The molecule has 16 heteroatoms. The lowest BCUT2D eigenvalue weighted by molar-refractivity contribution is -0.311. The van der Waals surface area contributed by atoms with Gasteiger partial charge in [0.15, 0.2) is 12.6 Å². The number of ether oxygens (including phenoxy) is 6. The first-order valence-electron chi connectivity index (χ1n) is 21.4. The molecule has 3 aliphatic heterocycles. The van der Waals surface area contributed by atoms with Gasteiger partial charge in [0.1, 0.15) is 17.8 Å². The molecule has 0 radical (unpaired) electrons. The second kappa shape index (κ2) is 20.9. The summed E-state index contributed by atoms with van der Waals surface area (Å²) >= 11 is 6.07. The number of carbonyl (C=O) groups is 2. The fourth-order valence-corrected chi connectivity index (χ4v) is 9.49. The molecule has 4 rings (SSSR count). The Kier molecular flexibility index (Phi) is 17.6. The van der Waals surface area contributed by atoms with Crippen LogP contribution in [0.25, 0.3) is 0 Å². The average Bonchev–Trinajstić information content (AvgIpc) is 3.19. The number of methoxy groups -OCH3 is 1. The molecule has 0 bridgehead atoms. The van der Waals surface area contributed by atoms with Gasteiger partial charge in [0.2, 0.25) is 0 Å². The van der Waals surface area contributed by atoms with E-state index in [0.29, 0.717) is 29.1 Å². The molecule has 15 nitrogen and oxygen atoms in total. The molecule has 3 heterocycles. The van der Waals surface area contributed by atoms with Crippen LogP contribution in [0.3, 0.4) is 0 Å². The van der Waals surface area contributed by atoms with Crippen LogP contribution in [-0.4, -0.2) is 143 Å². The highest BCUT2D eigenvalue weighted by Crippen LogP contribution is 2.41. The molecule has 3 aliphatic rings. The minimum absolute atomic E-state index is 0.153. The van der Waals surface area contributed by atoms with E-state index < -0.39 is 102 Å². The Balaban J connectivity index is 1.90. The van der Waals surface area contributed by atoms with E-state index in [0.717, 1.165) is 0 Å². The van der Waals surface area contributed by atoms with Gasteiger partial charge in [-0.25, -0.2) is 5.43 Å². The van der Waals surface area contributed by atoms with E-state index in [9.17, 15) is 30.0 Å². The summed E-state index contributed by atoms with van der Waals surface area (Å²) < 4.78 is 38.8. The molecule has 5 N–H and O–H groups in total. The van der Waals surface area contributed by atoms with Crippen molar-refractivity contribution in [2.75, 3.05) is 21.2 Å². The number of halogens is 1. The van der Waals surface area contributed by atoms with E-state index in [1.165, 1.54) is 6.92 Å². The van der Waals surface area contributed by atoms with Crippen molar-refractivity contribution in [3.8, 4) is 0 Å². The van der Waals surface area contributed by atoms with Crippen molar-refractivity contribution in [2.24, 2.45) is 34.7 Å². The van der Waals surface area contributed by atoms with Gasteiger partial charge in [-0.05, 0) is 104 Å². The number of aliphatic hydroxyl groups is 4. The normalized spacial score (nSPS) is 43.3. The Bertz CT molecular complexity index is 1590. The standard InChI is InChI=1S/C44H72ClN3O12/c1-14-32-44(10,54)38(51)25(5)34(46-47-40(52)29-15-17-30(45)18-16-29)23(3)21-43(9,55-13)39(60-42-36(50)31(48(11)12)20-24(4)56-42)26(6)37(27(7)41(53)58-32)59-33-19-22(2)35(49)28(8)57-33/h15-18,22-28,31-33,35-39,42,49-51,54H,14,19-21H2,1-13H3,(H,47,52). The molecule has 1 aromatic rings. The number of rotatable bonds is 9. The fraction of sp³-hybridized carbons (Fsp3) is 0.795. The third-order valence-corrected chi connectivity index (χ3v) is 13.5. The lowest BCUT2D eigenvalue weighted by Crippen LogP contribution is -2.61. The van der Waals surface area contributed by atoms with E-state index in [2.05, 4.69) is 10.5 Å². The summed E-state index contributed by atoms with van der Waals surface area (Å²) in [6.07, 6.45) is -7.96. The van der Waals surface area contributed by atoms with Gasteiger partial charge in [-0.2, -0.15) is 5.10 Å². The molecule has 3 fully saturated rings. The van der Waals surface area contributed by atoms with Gasteiger partial charge in [-0.1, -0.05) is 46.2 Å². The minimum atomic E-state index is -1.98. The fourth-order valence-electron chi connectivity index (χ4n) is 9.36. The lowest BCUT2D eigenvalue weighted by Gasteiger charge is -2.49. The Morgan fingerprint density at radius 3 is 2.17 bits per heavy atom. The maximum Gasteiger partial charge on any atom is 0.311 e. The molecule has 3 saturated heterocycles. The molecule has 1 aromatic carbocycles. The van der Waals surface area contributed by atoms with Gasteiger partial charge in [0, 0.05) is 47.7 Å². The summed E-state index contributed by atoms with van der Waals surface area (Å²) in [6, 6.07) is 6.01. The van der Waals surface area contributed by atoms with Crippen LogP contribution in [0.2, 0.25) is 5.02 Å². The molecule has 18 atom stereocenters. The van der Waals surface area contributed by atoms with Gasteiger partial charge in [-0.3, -0.25) is 9.59 Å². The molecule has 60 heavy (non-hydrogen) atoms. The Morgan fingerprint density at radius 1 is 0.967 bits per heavy atom. The van der Waals surface area contributed by atoms with Gasteiger partial charge < -0.3 is 53.7 Å². The predicted molar refractivity (Wildman–Crippen MR) is 226 cm³/mol. The Labute approximate surface area is 361 Å². The van der Waals surface area contributed by atoms with Crippen LogP contribution in [0.1, 0.15) is 105 Å². The number of carbonyl (C=O) groups excluding carboxylic acids is 2. The number of nitrogens with zero attached hydrogens (tertiary/aromatic N) is 2. The number of amides is 1. The zero-order valence-electron chi connectivity index (χ0n) is 37.7. The van der Waals surface area contributed by atoms with Crippen molar-refractivity contribution < 1.29 is 58.4 Å². The number of likely N-dealkylation sites (N-methyl/N-ethyl adjacent to an activating group) is 1. The van der Waals surface area contributed by atoms with E-state index in [1.54, 1.807) is 59.1 Å². The van der Waals surface area contributed by atoms with Crippen LogP contribution in [0.5, 0.6) is 0 Å². The summed E-state index contributed by atoms with van der Waals surface area (Å²) in [5.41, 5.74) is 0.0310. The molecule has 342 valence electrons. The van der Waals surface area contributed by atoms with Crippen LogP contribution >= 0.6 is 11.6 Å². The maximum absolute atomic E-state index is 14.4. The SMILES string of the molecule is CCC1OC(=O)C(C)C(OC2CC(C)C(O)C(C)O2)C(C)C(OC2OC(C)CC(N(C)C)C2O)C(C)(OC)CC(C)C(=NNC(=O)c2ccc(Cl)cc2)C(C)C(O)C1(C)O. The maximum atomic E-state index is 14.4. The smallest absolute Gasteiger partial charge is 0.311 e. The number of hydrogen-bond donors (Lipinski definition) is 5. The zero-order valence-corrected chi connectivity index (χ0v) is 38.5. The minimum Gasteiger partial charge on any atom is -0.459 e. The van der Waals surface area contributed by atoms with Gasteiger partial charge in [0.25, 0.3) is 5.91 Å². The summed E-state index contributed by atoms with van der Waals surface area (Å²) in [6.45, 7) is 17.7. The molecular weight excluding hydrogens is 798 g/mol. The summed E-state index contributed by atoms with van der Waals surface area (Å²) in [7, 11) is 5.31. The summed E-state index contributed by atoms with van der Waals surface area (Å²) in [4.78, 5) is 29.7. The summed E-state index contributed by atoms with van der Waals surface area (Å²) in [5.74, 6) is -4.53. The van der Waals surface area contributed by atoms with Crippen molar-refractivity contribution >= 4 is 29.2 Å². The Morgan fingerprint density at radius 2 is 1.60 bits per heavy atom. The van der Waals surface area contributed by atoms with Gasteiger partial charge in [-0.15, -0.1) is 0 Å². The average molecular weight is 871 g/mol. The lowest BCUT2D eigenvalue weighted by atomic mass is 9.73. The second-order valence-electron chi connectivity index (χ2n) is 18.3. The number of aliphatic hydroxyl groups excluding tert-OH is 3. The first-order chi connectivity index (χ1) is 28.0. The van der Waals surface area contributed by atoms with E-state index in [1.807, 2.05) is 53.6 Å². The van der Waals surface area contributed by atoms with Gasteiger partial charge in [0.05, 0.1) is 48.1 Å². The molecule has 0 saturated carbocycles. The number of nitrogens with one attached hydrogen (secondary N) is 1. The van der Waals surface area contributed by atoms with E-state index in [-0.39, 0.29) is 30.9 Å². The van der Waals surface area contributed by atoms with Crippen LogP contribution in [0, 0.1) is 29.6 Å². The Hall–Kier alpha value is -2.28. The topological polar surface area (TPSA) is 198 Å². The van der Waals surface area contributed by atoms with Crippen LogP contribution in [0.4, 0.5) is 0 Å². The van der Waals surface area contributed by atoms with Crippen molar-refractivity contribution in [1.82, 2.24) is 10.3 Å². The highest BCUT2D eigenvalue weighted by Gasteiger charge is 2.53. The molecular formula is C44H72ClN3O12. The van der Waals surface area contributed by atoms with E-state index in [4.69, 9.17) is 40.0 Å². The van der Waals surface area contributed by atoms with Crippen LogP contribution < -0.4 is 5.43 Å². The highest BCUT2D eigenvalue weighted by molar-refractivity contribution is 6.30. The first-order valence-corrected chi connectivity index (χ1v) is 21.8. The third kappa shape index (κ3) is 11.4. The highest BCUT2D eigenvalue weighted by atomic mass is 35.5. The number of esters is 1. The molecule has 0 spiro atoms. The number of benzene rings is 1. The van der Waals surface area contributed by atoms with Gasteiger partial charge >= 0.3 is 5.97 Å². The number of cyclic esters (lactones) is 1. The largest absolute Gasteiger partial charge is 0.459 e. The van der Waals surface area contributed by atoms with Crippen LogP contribution in [-0.2, 0) is 33.2 Å². The van der Waals surface area contributed by atoms with Crippen molar-refractivity contribution in [1.29, 1.82) is 0 Å². The van der Waals surface area contributed by atoms with E-state index >= 15 is 0 Å². The molecule has 0 aromatic heterocycles. The number of hydrogen-bond acceptors (Lipinski definition) is 14. The van der Waals surface area contributed by atoms with Crippen molar-refractivity contribution in [3.63, 3.8) is 0 Å². The first kappa shape index (κ1) is 50.4. The molecule has 18 unspecified atom stereocenters. The molecule has 1 amide bonds. The quantitative estimate of drug-likeness (QED) is 0.172. The predicted octanol–water partition coefficient (Wildman–Crippen LogP) is 4.54.